The number of carbonyl (C=O) groups is 1. The molecule has 0 radical (unpaired) electrons. The number of aromatic amines is 1. The van der Waals surface area contributed by atoms with Crippen LogP contribution < -0.4 is 0 Å². The number of aryl methyl sites for hydroxylation is 2. The number of H-pyrrole nitrogens is 1. The predicted molar refractivity (Wildman–Crippen MR) is 71.3 cm³/mol. The van der Waals surface area contributed by atoms with Crippen molar-refractivity contribution in [3.05, 3.63) is 45.9 Å². The molecule has 1 aromatic heterocycles. The fourth-order valence-electron chi connectivity index (χ4n) is 1.68. The van der Waals surface area contributed by atoms with E-state index >= 15 is 0 Å². The van der Waals surface area contributed by atoms with E-state index in [-0.39, 0.29) is 10.3 Å². The Bertz CT molecular complexity index is 677. The highest BCUT2D eigenvalue weighted by Gasteiger charge is 2.13. The molecule has 0 aliphatic carbocycles. The van der Waals surface area contributed by atoms with E-state index < -0.39 is 5.97 Å². The highest BCUT2D eigenvalue weighted by atomic mass is 32.1. The summed E-state index contributed by atoms with van der Waals surface area (Å²) in [5.41, 5.74) is 3.66. The van der Waals surface area contributed by atoms with Crippen molar-refractivity contribution in [1.82, 2.24) is 9.97 Å². The molecule has 0 spiro atoms. The third kappa shape index (κ3) is 2.31. The summed E-state index contributed by atoms with van der Waals surface area (Å²) in [4.78, 5) is 17.8. The number of aromatic carboxylic acids is 1. The van der Waals surface area contributed by atoms with Gasteiger partial charge in [-0.2, -0.15) is 0 Å². The molecule has 0 amide bonds. The Balaban J connectivity index is 2.69. The molecule has 0 aliphatic heterocycles. The van der Waals surface area contributed by atoms with E-state index in [2.05, 4.69) is 9.97 Å². The van der Waals surface area contributed by atoms with Crippen molar-refractivity contribution in [3.63, 3.8) is 0 Å². The average molecular weight is 260 g/mol. The minimum Gasteiger partial charge on any atom is -0.478 e. The van der Waals surface area contributed by atoms with Crippen molar-refractivity contribution in [3.8, 4) is 11.3 Å². The fourth-order valence-corrected chi connectivity index (χ4v) is 1.84. The third-order valence-corrected chi connectivity index (χ3v) is 3.05. The van der Waals surface area contributed by atoms with Gasteiger partial charge in [0.1, 0.15) is 5.56 Å². The normalized spacial score (nSPS) is 10.3. The summed E-state index contributed by atoms with van der Waals surface area (Å²) in [6, 6.07) is 5.76. The topological polar surface area (TPSA) is 66.0 Å². The maximum Gasteiger partial charge on any atom is 0.339 e. The van der Waals surface area contributed by atoms with E-state index in [0.717, 1.165) is 16.7 Å². The van der Waals surface area contributed by atoms with Crippen LogP contribution in [0, 0.1) is 18.6 Å². The highest BCUT2D eigenvalue weighted by Crippen LogP contribution is 2.23. The Hall–Kier alpha value is -2.01. The molecule has 0 saturated carbocycles. The molecule has 5 heteroatoms. The summed E-state index contributed by atoms with van der Waals surface area (Å²) in [5.74, 6) is -1.03. The van der Waals surface area contributed by atoms with Crippen LogP contribution in [0.2, 0.25) is 0 Å². The molecule has 2 aromatic rings. The first-order chi connectivity index (χ1) is 8.49. The van der Waals surface area contributed by atoms with Gasteiger partial charge in [-0.05, 0) is 48.8 Å². The van der Waals surface area contributed by atoms with Gasteiger partial charge in [0.05, 0.1) is 5.69 Å². The second-order valence-electron chi connectivity index (χ2n) is 4.08. The van der Waals surface area contributed by atoms with Crippen LogP contribution in [0.1, 0.15) is 21.5 Å². The van der Waals surface area contributed by atoms with Gasteiger partial charge in [-0.15, -0.1) is 0 Å². The number of nitrogens with zero attached hydrogens (tertiary/aromatic N) is 1. The molecule has 0 atom stereocenters. The minimum atomic E-state index is -1.03. The van der Waals surface area contributed by atoms with Gasteiger partial charge < -0.3 is 10.1 Å². The first kappa shape index (κ1) is 12.4. The van der Waals surface area contributed by atoms with Gasteiger partial charge in [-0.25, -0.2) is 9.78 Å². The van der Waals surface area contributed by atoms with Crippen molar-refractivity contribution >= 4 is 18.2 Å². The van der Waals surface area contributed by atoms with E-state index in [1.165, 1.54) is 6.20 Å². The van der Waals surface area contributed by atoms with Gasteiger partial charge in [-0.3, -0.25) is 0 Å². The quantitative estimate of drug-likeness (QED) is 0.814. The number of aromatic nitrogens is 2. The summed E-state index contributed by atoms with van der Waals surface area (Å²) >= 11 is 4.94. The standard InChI is InChI=1S/C13H12N2O2S/c1-7-3-4-9(5-8(7)2)11-10(12(16)17)6-14-13(18)15-11/h3-6H,1-2H3,(H,16,17)(H,14,15,18). The van der Waals surface area contributed by atoms with Crippen LogP contribution >= 0.6 is 12.2 Å². The number of carboxylic acids is 1. The van der Waals surface area contributed by atoms with E-state index in [1.807, 2.05) is 32.0 Å². The van der Waals surface area contributed by atoms with Crippen LogP contribution in [0.3, 0.4) is 0 Å². The Morgan fingerprint density at radius 1 is 1.33 bits per heavy atom. The zero-order valence-corrected chi connectivity index (χ0v) is 10.8. The first-order valence-corrected chi connectivity index (χ1v) is 5.80. The number of hydrogen-bond acceptors (Lipinski definition) is 3. The zero-order valence-electron chi connectivity index (χ0n) is 10.0. The van der Waals surface area contributed by atoms with Gasteiger partial charge in [0.2, 0.25) is 0 Å². The first-order valence-electron chi connectivity index (χ1n) is 5.39. The fraction of sp³-hybridized carbons (Fsp3) is 0.154. The molecule has 1 heterocycles. The van der Waals surface area contributed by atoms with Crippen molar-refractivity contribution in [2.45, 2.75) is 13.8 Å². The van der Waals surface area contributed by atoms with Crippen LogP contribution in [0.25, 0.3) is 11.3 Å². The molecule has 0 unspecified atom stereocenters. The van der Waals surface area contributed by atoms with E-state index in [1.54, 1.807) is 0 Å². The zero-order chi connectivity index (χ0) is 13.3. The molecule has 0 saturated heterocycles. The van der Waals surface area contributed by atoms with Gasteiger partial charge in [0.25, 0.3) is 0 Å². The summed E-state index contributed by atoms with van der Waals surface area (Å²) in [5, 5.41) is 9.15. The van der Waals surface area contributed by atoms with Crippen LogP contribution in [0.5, 0.6) is 0 Å². The highest BCUT2D eigenvalue weighted by molar-refractivity contribution is 7.71. The van der Waals surface area contributed by atoms with Crippen molar-refractivity contribution in [2.75, 3.05) is 0 Å². The Kier molecular flexibility index (Phi) is 3.25. The second-order valence-corrected chi connectivity index (χ2v) is 4.47. The number of hydrogen-bond donors (Lipinski definition) is 2. The number of benzene rings is 1. The van der Waals surface area contributed by atoms with Crippen molar-refractivity contribution < 1.29 is 9.90 Å². The predicted octanol–water partition coefficient (Wildman–Crippen LogP) is 3.12. The minimum absolute atomic E-state index is 0.117. The number of carboxylic acid groups (broad SMARTS) is 1. The molecule has 18 heavy (non-hydrogen) atoms. The lowest BCUT2D eigenvalue weighted by molar-refractivity contribution is 0.0697. The largest absolute Gasteiger partial charge is 0.478 e. The van der Waals surface area contributed by atoms with Crippen molar-refractivity contribution in [1.29, 1.82) is 0 Å². The molecule has 92 valence electrons. The van der Waals surface area contributed by atoms with Crippen LogP contribution in [-0.4, -0.2) is 21.0 Å². The maximum absolute atomic E-state index is 11.2. The van der Waals surface area contributed by atoms with Gasteiger partial charge >= 0.3 is 5.97 Å². The van der Waals surface area contributed by atoms with E-state index in [0.29, 0.717) is 5.69 Å². The lowest BCUT2D eigenvalue weighted by atomic mass is 10.0. The van der Waals surface area contributed by atoms with E-state index in [9.17, 15) is 4.79 Å². The van der Waals surface area contributed by atoms with Gasteiger partial charge in [0.15, 0.2) is 4.77 Å². The molecular formula is C13H12N2O2S. The van der Waals surface area contributed by atoms with Crippen LogP contribution in [-0.2, 0) is 0 Å². The Morgan fingerprint density at radius 2 is 2.06 bits per heavy atom. The van der Waals surface area contributed by atoms with Crippen LogP contribution in [0.4, 0.5) is 0 Å². The molecule has 0 fully saturated rings. The van der Waals surface area contributed by atoms with Crippen LogP contribution in [0.15, 0.2) is 24.4 Å². The SMILES string of the molecule is Cc1ccc(-c2[nH]c(=S)ncc2C(=O)O)cc1C. The molecule has 2 N–H and O–H groups in total. The Morgan fingerprint density at radius 3 is 2.67 bits per heavy atom. The molecule has 1 aromatic carbocycles. The van der Waals surface area contributed by atoms with Gasteiger partial charge in [0, 0.05) is 6.20 Å². The summed E-state index contributed by atoms with van der Waals surface area (Å²) in [6.07, 6.45) is 1.28. The second kappa shape index (κ2) is 4.70. The monoisotopic (exact) mass is 260 g/mol. The van der Waals surface area contributed by atoms with E-state index in [4.69, 9.17) is 17.3 Å². The molecule has 4 nitrogen and oxygen atoms in total. The smallest absolute Gasteiger partial charge is 0.339 e. The number of rotatable bonds is 2. The lowest BCUT2D eigenvalue weighted by Crippen LogP contribution is -2.03. The molecule has 0 bridgehead atoms. The third-order valence-electron chi connectivity index (χ3n) is 2.84. The molecule has 0 aliphatic rings. The molecule has 2 rings (SSSR count). The van der Waals surface area contributed by atoms with Crippen molar-refractivity contribution in [2.24, 2.45) is 0 Å². The number of nitrogens with one attached hydrogen (secondary N) is 1. The summed E-state index contributed by atoms with van der Waals surface area (Å²) in [7, 11) is 0. The molecular weight excluding hydrogens is 248 g/mol. The van der Waals surface area contributed by atoms with Gasteiger partial charge in [-0.1, -0.05) is 12.1 Å². The summed E-state index contributed by atoms with van der Waals surface area (Å²) in [6.45, 7) is 3.99. The Labute approximate surface area is 109 Å². The lowest BCUT2D eigenvalue weighted by Gasteiger charge is -2.08. The summed E-state index contributed by atoms with van der Waals surface area (Å²) < 4.78 is 0.272. The maximum atomic E-state index is 11.2. The average Bonchev–Trinajstić information content (AvgIpc) is 2.32.